The predicted octanol–water partition coefficient (Wildman–Crippen LogP) is 4.55. The summed E-state index contributed by atoms with van der Waals surface area (Å²) in [6.45, 7) is 0. The molecule has 0 bridgehead atoms. The van der Waals surface area contributed by atoms with Crippen molar-refractivity contribution >= 4 is 38.9 Å². The zero-order valence-electron chi connectivity index (χ0n) is 8.79. The minimum atomic E-state index is -0.235. The lowest BCUT2D eigenvalue weighted by Crippen LogP contribution is -2.12. The predicted molar refractivity (Wildman–Crippen MR) is 74.1 cm³/mol. The fourth-order valence-corrected chi connectivity index (χ4v) is 3.30. The van der Waals surface area contributed by atoms with E-state index in [9.17, 15) is 4.39 Å². The summed E-state index contributed by atoms with van der Waals surface area (Å²) in [5.74, 6) is -0.218. The Morgan fingerprint density at radius 2 is 2.12 bits per heavy atom. The topological polar surface area (TPSA) is 26.0 Å². The monoisotopic (exact) mass is 333 g/mol. The Bertz CT molecular complexity index is 509. The van der Waals surface area contributed by atoms with Crippen LogP contribution in [-0.4, -0.2) is 0 Å². The van der Waals surface area contributed by atoms with Crippen molar-refractivity contribution in [3.8, 4) is 0 Å². The van der Waals surface area contributed by atoms with Crippen molar-refractivity contribution < 1.29 is 4.39 Å². The molecule has 0 spiro atoms. The molecule has 0 aliphatic carbocycles. The van der Waals surface area contributed by atoms with Gasteiger partial charge in [0.25, 0.3) is 0 Å². The third kappa shape index (κ3) is 3.07. The minimum absolute atomic E-state index is 0.218. The van der Waals surface area contributed by atoms with E-state index in [-0.39, 0.29) is 11.9 Å². The van der Waals surface area contributed by atoms with Gasteiger partial charge in [0.1, 0.15) is 5.82 Å². The molecule has 2 aromatic rings. The fourth-order valence-electron chi connectivity index (χ4n) is 1.55. The average molecular weight is 335 g/mol. The van der Waals surface area contributed by atoms with Crippen LogP contribution in [0.25, 0.3) is 0 Å². The van der Waals surface area contributed by atoms with Gasteiger partial charge in [0.05, 0.1) is 8.81 Å². The molecule has 1 unspecified atom stereocenters. The molecule has 0 aliphatic heterocycles. The first-order chi connectivity index (χ1) is 8.08. The van der Waals surface area contributed by atoms with Gasteiger partial charge in [-0.3, -0.25) is 0 Å². The van der Waals surface area contributed by atoms with Gasteiger partial charge in [-0.2, -0.15) is 0 Å². The molecule has 0 amide bonds. The summed E-state index contributed by atoms with van der Waals surface area (Å²) >= 11 is 10.8. The highest BCUT2D eigenvalue weighted by Crippen LogP contribution is 2.35. The number of hydrogen-bond donors (Lipinski definition) is 1. The van der Waals surface area contributed by atoms with E-state index in [0.717, 1.165) is 8.66 Å². The SMILES string of the molecule is NC(Cc1ccccc1F)c1cc(Cl)c(Br)s1. The third-order valence-corrected chi connectivity index (χ3v) is 5.03. The lowest BCUT2D eigenvalue weighted by Gasteiger charge is -2.09. The maximum absolute atomic E-state index is 13.5. The van der Waals surface area contributed by atoms with Crippen LogP contribution >= 0.6 is 38.9 Å². The highest BCUT2D eigenvalue weighted by molar-refractivity contribution is 9.11. The van der Waals surface area contributed by atoms with Gasteiger partial charge in [-0.25, -0.2) is 4.39 Å². The van der Waals surface area contributed by atoms with E-state index >= 15 is 0 Å². The number of nitrogens with two attached hydrogens (primary N) is 1. The molecule has 0 radical (unpaired) electrons. The normalized spacial score (nSPS) is 12.7. The van der Waals surface area contributed by atoms with Crippen molar-refractivity contribution in [3.63, 3.8) is 0 Å². The Hall–Kier alpha value is -0.420. The van der Waals surface area contributed by atoms with E-state index in [4.69, 9.17) is 17.3 Å². The summed E-state index contributed by atoms with van der Waals surface area (Å²) in [6.07, 6.45) is 0.468. The molecule has 0 fully saturated rings. The van der Waals surface area contributed by atoms with Crippen LogP contribution in [0.15, 0.2) is 34.1 Å². The Morgan fingerprint density at radius 3 is 2.71 bits per heavy atom. The Labute approximate surface area is 117 Å². The van der Waals surface area contributed by atoms with Gasteiger partial charge in [0.15, 0.2) is 0 Å². The minimum Gasteiger partial charge on any atom is -0.323 e. The van der Waals surface area contributed by atoms with E-state index in [1.165, 1.54) is 17.4 Å². The van der Waals surface area contributed by atoms with Crippen LogP contribution in [0.5, 0.6) is 0 Å². The van der Waals surface area contributed by atoms with Gasteiger partial charge in [-0.15, -0.1) is 11.3 Å². The Kier molecular flexibility index (Phi) is 4.20. The molecular formula is C12H10BrClFNS. The second-order valence-corrected chi connectivity index (χ2v) is 6.48. The van der Waals surface area contributed by atoms with Crippen LogP contribution in [-0.2, 0) is 6.42 Å². The second kappa shape index (κ2) is 5.48. The van der Waals surface area contributed by atoms with Gasteiger partial charge in [-0.1, -0.05) is 29.8 Å². The van der Waals surface area contributed by atoms with Crippen molar-refractivity contribution in [2.45, 2.75) is 12.5 Å². The number of halogens is 3. The third-order valence-electron chi connectivity index (χ3n) is 2.43. The molecule has 1 heterocycles. The van der Waals surface area contributed by atoms with E-state index < -0.39 is 0 Å². The van der Waals surface area contributed by atoms with Gasteiger partial charge in [0.2, 0.25) is 0 Å². The first kappa shape index (κ1) is 13.0. The van der Waals surface area contributed by atoms with E-state index in [1.807, 2.05) is 12.1 Å². The van der Waals surface area contributed by atoms with Gasteiger partial charge < -0.3 is 5.73 Å². The van der Waals surface area contributed by atoms with Crippen molar-refractivity contribution in [2.75, 3.05) is 0 Å². The van der Waals surface area contributed by atoms with Crippen molar-refractivity contribution in [2.24, 2.45) is 5.73 Å². The molecule has 2 rings (SSSR count). The largest absolute Gasteiger partial charge is 0.323 e. The zero-order chi connectivity index (χ0) is 12.4. The molecular weight excluding hydrogens is 325 g/mol. The Morgan fingerprint density at radius 1 is 1.41 bits per heavy atom. The second-order valence-electron chi connectivity index (χ2n) is 3.67. The molecule has 0 aliphatic rings. The summed E-state index contributed by atoms with van der Waals surface area (Å²) in [4.78, 5) is 0.949. The van der Waals surface area contributed by atoms with Crippen molar-refractivity contribution in [1.29, 1.82) is 0 Å². The first-order valence-electron chi connectivity index (χ1n) is 5.01. The maximum Gasteiger partial charge on any atom is 0.126 e. The number of hydrogen-bond acceptors (Lipinski definition) is 2. The van der Waals surface area contributed by atoms with E-state index in [1.54, 1.807) is 12.1 Å². The molecule has 1 aromatic carbocycles. The zero-order valence-corrected chi connectivity index (χ0v) is 11.9. The maximum atomic E-state index is 13.5. The molecule has 17 heavy (non-hydrogen) atoms. The molecule has 0 saturated heterocycles. The summed E-state index contributed by atoms with van der Waals surface area (Å²) in [7, 11) is 0. The van der Waals surface area contributed by atoms with Crippen LogP contribution in [0, 0.1) is 5.82 Å². The molecule has 1 nitrogen and oxygen atoms in total. The quantitative estimate of drug-likeness (QED) is 0.876. The van der Waals surface area contributed by atoms with Gasteiger partial charge in [-0.05, 0) is 40.0 Å². The highest BCUT2D eigenvalue weighted by atomic mass is 79.9. The van der Waals surface area contributed by atoms with E-state index in [2.05, 4.69) is 15.9 Å². The summed E-state index contributed by atoms with van der Waals surface area (Å²) in [5.41, 5.74) is 6.67. The lowest BCUT2D eigenvalue weighted by atomic mass is 10.1. The molecule has 90 valence electrons. The standard InChI is InChI=1S/C12H10BrClFNS/c13-12-8(14)6-11(17-12)10(16)5-7-3-1-2-4-9(7)15/h1-4,6,10H,5,16H2. The Balaban J connectivity index is 2.17. The molecule has 0 saturated carbocycles. The number of rotatable bonds is 3. The first-order valence-corrected chi connectivity index (χ1v) is 7.00. The van der Waals surface area contributed by atoms with Crippen LogP contribution in [0.3, 0.4) is 0 Å². The number of benzene rings is 1. The summed E-state index contributed by atoms with van der Waals surface area (Å²) < 4.78 is 14.3. The lowest BCUT2D eigenvalue weighted by molar-refractivity contribution is 0.595. The summed E-state index contributed by atoms with van der Waals surface area (Å²) in [5, 5.41) is 0.647. The number of thiophene rings is 1. The van der Waals surface area contributed by atoms with E-state index in [0.29, 0.717) is 17.0 Å². The van der Waals surface area contributed by atoms with Crippen LogP contribution in [0.2, 0.25) is 5.02 Å². The summed E-state index contributed by atoms with van der Waals surface area (Å²) in [6, 6.07) is 8.26. The fraction of sp³-hybridized carbons (Fsp3) is 0.167. The highest BCUT2D eigenvalue weighted by Gasteiger charge is 2.14. The molecule has 2 N–H and O–H groups in total. The molecule has 1 atom stereocenters. The average Bonchev–Trinajstić information content (AvgIpc) is 2.63. The van der Waals surface area contributed by atoms with Gasteiger partial charge >= 0.3 is 0 Å². The molecule has 1 aromatic heterocycles. The van der Waals surface area contributed by atoms with Crippen LogP contribution in [0.1, 0.15) is 16.5 Å². The van der Waals surface area contributed by atoms with Gasteiger partial charge in [0, 0.05) is 10.9 Å². The van der Waals surface area contributed by atoms with Crippen molar-refractivity contribution in [3.05, 3.63) is 55.4 Å². The van der Waals surface area contributed by atoms with Crippen LogP contribution < -0.4 is 5.73 Å². The van der Waals surface area contributed by atoms with Crippen molar-refractivity contribution in [1.82, 2.24) is 0 Å². The molecule has 5 heteroatoms. The van der Waals surface area contributed by atoms with Crippen LogP contribution in [0.4, 0.5) is 4.39 Å². The smallest absolute Gasteiger partial charge is 0.126 e.